The minimum absolute atomic E-state index is 0.0555. The van der Waals surface area contributed by atoms with E-state index in [1.165, 1.54) is 29.2 Å². The summed E-state index contributed by atoms with van der Waals surface area (Å²) in [6, 6.07) is 6.88. The third-order valence-electron chi connectivity index (χ3n) is 10.7. The lowest BCUT2D eigenvalue weighted by Gasteiger charge is -2.30. The molecule has 0 spiro atoms. The van der Waals surface area contributed by atoms with Crippen molar-refractivity contribution >= 4 is 53.1 Å². The van der Waals surface area contributed by atoms with Crippen molar-refractivity contribution in [3.63, 3.8) is 0 Å². The number of ketones is 1. The number of guanidine groups is 2. The Balaban J connectivity index is 1.89. The van der Waals surface area contributed by atoms with Gasteiger partial charge in [0.05, 0.1) is 12.6 Å². The Labute approximate surface area is 395 Å². The number of rotatable bonds is 29. The molecule has 0 aromatic heterocycles. The summed E-state index contributed by atoms with van der Waals surface area (Å²) < 4.78 is 5.44. The standard InChI is InChI=1S/C45H69N13O10/c1-27(2)23-33(40(64)55-32(12-7-21-52-45(49)50)43(67)58-22-8-13-36(58)37(61)18-19-46)56-39(63)31(11-6-20-51-44(47)48)54-41(65)34(24-28-14-16-29(60)17-15-28)57-42(66)35(25-59)53-38(62)26-68-30-9-4-3-5-10-30/h3-5,9-10,14-17,27,31-36,59-60H,6-8,11-13,18-26,46H2,1-2H3,(H,53,62)(H,54,65)(H,55,64)(H,56,63)(H,57,66)(H4,47,48,51)(H4,49,50,52)/t31-,32+,33+,34+,35+,36+/m1/s1. The number of Topliss-reactive ketones (excluding diaryl/α,β-unsaturated/α-hetero) is 1. The summed E-state index contributed by atoms with van der Waals surface area (Å²) >= 11 is 0. The van der Waals surface area contributed by atoms with Crippen LogP contribution < -0.4 is 60.0 Å². The highest BCUT2D eigenvalue weighted by atomic mass is 16.5. The van der Waals surface area contributed by atoms with E-state index in [1.54, 1.807) is 30.3 Å². The molecule has 2 aromatic rings. The molecule has 374 valence electrons. The Hall–Kier alpha value is -7.01. The van der Waals surface area contributed by atoms with Crippen molar-refractivity contribution in [3.8, 4) is 11.5 Å². The first kappa shape index (κ1) is 55.3. The van der Waals surface area contributed by atoms with Crippen LogP contribution in [0.1, 0.15) is 70.8 Å². The van der Waals surface area contributed by atoms with Gasteiger partial charge in [0.25, 0.3) is 5.91 Å². The average Bonchev–Trinajstić information content (AvgIpc) is 3.80. The number of aromatic hydroxyl groups is 1. The zero-order valence-electron chi connectivity index (χ0n) is 38.7. The summed E-state index contributed by atoms with van der Waals surface area (Å²) in [5, 5.41) is 33.2. The third-order valence-corrected chi connectivity index (χ3v) is 10.7. The van der Waals surface area contributed by atoms with Gasteiger partial charge in [0.1, 0.15) is 41.7 Å². The van der Waals surface area contributed by atoms with Crippen LogP contribution in [0.25, 0.3) is 0 Å². The number of benzene rings is 2. The summed E-state index contributed by atoms with van der Waals surface area (Å²) in [6.07, 6.45) is 1.53. The van der Waals surface area contributed by atoms with Gasteiger partial charge in [-0.05, 0) is 87.2 Å². The van der Waals surface area contributed by atoms with Crippen molar-refractivity contribution in [1.82, 2.24) is 31.5 Å². The maximum Gasteiger partial charge on any atom is 0.258 e. The number of nitrogens with zero attached hydrogens (tertiary/aromatic N) is 3. The lowest BCUT2D eigenvalue weighted by molar-refractivity contribution is -0.141. The lowest BCUT2D eigenvalue weighted by atomic mass is 10.00. The van der Waals surface area contributed by atoms with Crippen molar-refractivity contribution in [3.05, 3.63) is 60.2 Å². The number of phenols is 1. The molecule has 0 unspecified atom stereocenters. The zero-order valence-corrected chi connectivity index (χ0v) is 38.7. The topological polar surface area (TPSA) is 387 Å². The van der Waals surface area contributed by atoms with Gasteiger partial charge in [0.2, 0.25) is 29.5 Å². The predicted octanol–water partition coefficient (Wildman–Crippen LogP) is -2.51. The van der Waals surface area contributed by atoms with Crippen molar-refractivity contribution in [2.45, 2.75) is 108 Å². The number of para-hydroxylation sites is 1. The Morgan fingerprint density at radius 1 is 0.735 bits per heavy atom. The highest BCUT2D eigenvalue weighted by molar-refractivity contribution is 5.97. The molecule has 0 radical (unpaired) electrons. The smallest absolute Gasteiger partial charge is 0.258 e. The monoisotopic (exact) mass is 952 g/mol. The molecule has 68 heavy (non-hydrogen) atoms. The van der Waals surface area contributed by atoms with Crippen molar-refractivity contribution < 1.29 is 48.5 Å². The van der Waals surface area contributed by atoms with Crippen LogP contribution in [0.2, 0.25) is 0 Å². The molecule has 1 heterocycles. The van der Waals surface area contributed by atoms with E-state index >= 15 is 0 Å². The predicted molar refractivity (Wildman–Crippen MR) is 253 cm³/mol. The number of hydrogen-bond donors (Lipinski definition) is 12. The van der Waals surface area contributed by atoms with E-state index in [2.05, 4.69) is 36.6 Å². The van der Waals surface area contributed by atoms with Crippen LogP contribution in [0.5, 0.6) is 11.5 Å². The fourth-order valence-corrected chi connectivity index (χ4v) is 7.37. The van der Waals surface area contributed by atoms with E-state index in [0.717, 1.165) is 0 Å². The van der Waals surface area contributed by atoms with Crippen molar-refractivity contribution in [2.75, 3.05) is 39.4 Å². The number of ether oxygens (including phenoxy) is 1. The van der Waals surface area contributed by atoms with Gasteiger partial charge in [-0.25, -0.2) is 0 Å². The number of nitrogens with one attached hydrogen (secondary N) is 5. The molecule has 1 fully saturated rings. The largest absolute Gasteiger partial charge is 0.508 e. The van der Waals surface area contributed by atoms with Gasteiger partial charge in [0.15, 0.2) is 24.3 Å². The molecule has 6 amide bonds. The molecule has 1 aliphatic heterocycles. The number of aliphatic hydroxyl groups excluding tert-OH is 1. The van der Waals surface area contributed by atoms with E-state index in [9.17, 15) is 43.8 Å². The number of hydrogen-bond acceptors (Lipinski definition) is 13. The molecular weight excluding hydrogens is 883 g/mol. The fraction of sp³-hybridized carbons (Fsp3) is 0.533. The van der Waals surface area contributed by atoms with E-state index in [-0.39, 0.29) is 93.9 Å². The molecule has 0 saturated carbocycles. The van der Waals surface area contributed by atoms with E-state index in [4.69, 9.17) is 33.4 Å². The van der Waals surface area contributed by atoms with Crippen LogP contribution in [-0.4, -0.2) is 144 Å². The van der Waals surface area contributed by atoms with E-state index in [1.807, 2.05) is 13.8 Å². The van der Waals surface area contributed by atoms with Crippen molar-refractivity contribution in [1.29, 1.82) is 0 Å². The Kier molecular flexibility index (Phi) is 23.5. The number of carbonyl (C=O) groups is 7. The normalized spacial score (nSPS) is 15.4. The fourth-order valence-electron chi connectivity index (χ4n) is 7.37. The third kappa shape index (κ3) is 19.5. The van der Waals surface area contributed by atoms with Gasteiger partial charge < -0.3 is 75.1 Å². The molecule has 2 aromatic carbocycles. The van der Waals surface area contributed by atoms with Crippen LogP contribution >= 0.6 is 0 Å². The van der Waals surface area contributed by atoms with Gasteiger partial charge in [-0.2, -0.15) is 0 Å². The van der Waals surface area contributed by atoms with Crippen LogP contribution in [-0.2, 0) is 40.0 Å². The first-order valence-electron chi connectivity index (χ1n) is 22.6. The number of carbonyl (C=O) groups excluding carboxylic acids is 7. The lowest BCUT2D eigenvalue weighted by Crippen LogP contribution is -2.60. The Bertz CT molecular complexity index is 2030. The number of aliphatic imine (C=N–C) groups is 2. The summed E-state index contributed by atoms with van der Waals surface area (Å²) in [7, 11) is 0. The van der Waals surface area contributed by atoms with Gasteiger partial charge in [-0.3, -0.25) is 43.5 Å². The van der Waals surface area contributed by atoms with Gasteiger partial charge in [0, 0.05) is 32.5 Å². The second-order valence-corrected chi connectivity index (χ2v) is 16.7. The second kappa shape index (κ2) is 28.9. The highest BCUT2D eigenvalue weighted by Gasteiger charge is 2.38. The molecule has 1 aliphatic rings. The summed E-state index contributed by atoms with van der Waals surface area (Å²) in [4.78, 5) is 106. The number of amides is 6. The SMILES string of the molecule is CC(C)C[C@H](NC(=O)[C@@H](CCCN=C(N)N)NC(=O)[C@H](Cc1ccc(O)cc1)NC(=O)[C@H](CO)NC(=O)COc1ccccc1)C(=O)N[C@@H](CCCN=C(N)N)C(=O)N1CCC[C@H]1C(=O)CCN. The van der Waals surface area contributed by atoms with Gasteiger partial charge in [-0.1, -0.05) is 44.2 Å². The Morgan fingerprint density at radius 3 is 1.87 bits per heavy atom. The molecular formula is C45H69N13O10. The first-order chi connectivity index (χ1) is 32.4. The first-order valence-corrected chi connectivity index (χ1v) is 22.6. The number of phenolic OH excluding ortho intramolecular Hbond substituents is 1. The maximum absolute atomic E-state index is 14.3. The van der Waals surface area contributed by atoms with Gasteiger partial charge in [-0.15, -0.1) is 0 Å². The molecule has 0 aliphatic carbocycles. The number of nitrogens with two attached hydrogens (primary N) is 5. The number of aliphatic hydroxyl groups is 1. The van der Waals surface area contributed by atoms with Crippen LogP contribution in [0, 0.1) is 5.92 Å². The van der Waals surface area contributed by atoms with Gasteiger partial charge >= 0.3 is 0 Å². The second-order valence-electron chi connectivity index (χ2n) is 16.7. The molecule has 23 heteroatoms. The maximum atomic E-state index is 14.3. The minimum Gasteiger partial charge on any atom is -0.508 e. The zero-order chi connectivity index (χ0) is 50.2. The minimum atomic E-state index is -1.52. The van der Waals surface area contributed by atoms with E-state index in [0.29, 0.717) is 30.7 Å². The highest BCUT2D eigenvalue weighted by Crippen LogP contribution is 2.22. The summed E-state index contributed by atoms with van der Waals surface area (Å²) in [6.45, 7) is 2.94. The molecule has 3 rings (SSSR count). The summed E-state index contributed by atoms with van der Waals surface area (Å²) in [5.74, 6) is -4.88. The molecule has 17 N–H and O–H groups in total. The molecule has 1 saturated heterocycles. The molecule has 6 atom stereocenters. The quantitative estimate of drug-likeness (QED) is 0.0228. The van der Waals surface area contributed by atoms with Crippen LogP contribution in [0.15, 0.2) is 64.6 Å². The number of likely N-dealkylation sites (tertiary alicyclic amines) is 1. The van der Waals surface area contributed by atoms with Crippen LogP contribution in [0.4, 0.5) is 0 Å². The molecule has 0 bridgehead atoms. The van der Waals surface area contributed by atoms with E-state index < -0.39 is 84.9 Å². The summed E-state index contributed by atoms with van der Waals surface area (Å²) in [5.41, 5.74) is 28.2. The van der Waals surface area contributed by atoms with Crippen LogP contribution in [0.3, 0.4) is 0 Å². The average molecular weight is 952 g/mol. The van der Waals surface area contributed by atoms with Crippen molar-refractivity contribution in [2.24, 2.45) is 44.6 Å². The molecule has 23 nitrogen and oxygen atoms in total. The Morgan fingerprint density at radius 2 is 1.28 bits per heavy atom.